The van der Waals surface area contributed by atoms with Crippen molar-refractivity contribution in [2.24, 2.45) is 0 Å². The van der Waals surface area contributed by atoms with E-state index in [1.807, 2.05) is 13.0 Å². The molecule has 0 aromatic heterocycles. The van der Waals surface area contributed by atoms with E-state index < -0.39 is 17.6 Å². The highest BCUT2D eigenvalue weighted by molar-refractivity contribution is 9.10. The van der Waals surface area contributed by atoms with Crippen LogP contribution in [0.2, 0.25) is 0 Å². The van der Waals surface area contributed by atoms with Gasteiger partial charge in [0.15, 0.2) is 0 Å². The van der Waals surface area contributed by atoms with Crippen LogP contribution in [0.25, 0.3) is 0 Å². The fourth-order valence-electron chi connectivity index (χ4n) is 1.81. The summed E-state index contributed by atoms with van der Waals surface area (Å²) in [6.07, 6.45) is -4.52. The van der Waals surface area contributed by atoms with Crippen LogP contribution < -0.4 is 5.32 Å². The molecular formula is C15H11BrF3NO. The average Bonchev–Trinajstić information content (AvgIpc) is 2.37. The molecule has 0 aliphatic heterocycles. The molecule has 1 amide bonds. The molecule has 0 saturated heterocycles. The zero-order valence-electron chi connectivity index (χ0n) is 11.0. The van der Waals surface area contributed by atoms with E-state index >= 15 is 0 Å². The minimum absolute atomic E-state index is 0.0490. The number of alkyl halides is 3. The number of hydrogen-bond donors (Lipinski definition) is 1. The van der Waals surface area contributed by atoms with Crippen molar-refractivity contribution in [3.8, 4) is 0 Å². The maximum absolute atomic E-state index is 12.8. The summed E-state index contributed by atoms with van der Waals surface area (Å²) in [5.41, 5.74) is 0.558. The number of aryl methyl sites for hydroxylation is 1. The second-order valence-electron chi connectivity index (χ2n) is 4.52. The second-order valence-corrected chi connectivity index (χ2v) is 5.37. The molecule has 6 heteroatoms. The third-order valence-electron chi connectivity index (χ3n) is 2.81. The van der Waals surface area contributed by atoms with Gasteiger partial charge in [-0.2, -0.15) is 13.2 Å². The molecule has 0 heterocycles. The third-order valence-corrected chi connectivity index (χ3v) is 3.50. The quantitative estimate of drug-likeness (QED) is 0.802. The predicted molar refractivity (Wildman–Crippen MR) is 78.3 cm³/mol. The Balaban J connectivity index is 2.28. The maximum atomic E-state index is 12.8. The molecule has 0 saturated carbocycles. The number of carbonyl (C=O) groups excluding carboxylic acids is 1. The van der Waals surface area contributed by atoms with Crippen LogP contribution in [-0.4, -0.2) is 5.91 Å². The van der Waals surface area contributed by atoms with E-state index in [0.717, 1.165) is 11.6 Å². The first-order chi connectivity index (χ1) is 9.77. The van der Waals surface area contributed by atoms with E-state index in [2.05, 4.69) is 21.2 Å². The standard InChI is InChI=1S/C15H11BrF3NO/c1-9-3-2-4-11(7-9)20-14(21)10-5-6-13(16)12(8-10)15(17,18)19/h2-8H,1H3,(H,20,21). The van der Waals surface area contributed by atoms with Crippen LogP contribution in [0.1, 0.15) is 21.5 Å². The lowest BCUT2D eigenvalue weighted by molar-refractivity contribution is -0.138. The van der Waals surface area contributed by atoms with Crippen LogP contribution in [0.4, 0.5) is 18.9 Å². The second kappa shape index (κ2) is 5.89. The number of carbonyl (C=O) groups is 1. The fraction of sp³-hybridized carbons (Fsp3) is 0.133. The lowest BCUT2D eigenvalue weighted by Crippen LogP contribution is -2.14. The third kappa shape index (κ3) is 3.85. The normalized spacial score (nSPS) is 11.3. The molecular weight excluding hydrogens is 347 g/mol. The SMILES string of the molecule is Cc1cccc(NC(=O)c2ccc(Br)c(C(F)(F)F)c2)c1. The summed E-state index contributed by atoms with van der Waals surface area (Å²) in [5, 5.41) is 2.58. The van der Waals surface area contributed by atoms with Gasteiger partial charge in [-0.1, -0.05) is 28.1 Å². The number of halogens is 4. The van der Waals surface area contributed by atoms with Gasteiger partial charge in [0.2, 0.25) is 0 Å². The number of amides is 1. The first-order valence-corrected chi connectivity index (χ1v) is 6.81. The molecule has 1 N–H and O–H groups in total. The Morgan fingerprint density at radius 3 is 2.48 bits per heavy atom. The van der Waals surface area contributed by atoms with Crippen LogP contribution in [0, 0.1) is 6.92 Å². The molecule has 2 aromatic carbocycles. The lowest BCUT2D eigenvalue weighted by Gasteiger charge is -2.11. The Kier molecular flexibility index (Phi) is 4.37. The molecule has 0 aliphatic carbocycles. The Labute approximate surface area is 128 Å². The molecule has 2 nitrogen and oxygen atoms in total. The van der Waals surface area contributed by atoms with Crippen molar-refractivity contribution in [1.82, 2.24) is 0 Å². The Morgan fingerprint density at radius 2 is 1.86 bits per heavy atom. The van der Waals surface area contributed by atoms with Crippen LogP contribution in [-0.2, 0) is 6.18 Å². The highest BCUT2D eigenvalue weighted by Crippen LogP contribution is 2.35. The number of rotatable bonds is 2. The van der Waals surface area contributed by atoms with E-state index in [-0.39, 0.29) is 10.0 Å². The van der Waals surface area contributed by atoms with Gasteiger partial charge in [-0.05, 0) is 42.8 Å². The van der Waals surface area contributed by atoms with Gasteiger partial charge in [0.1, 0.15) is 0 Å². The zero-order valence-corrected chi connectivity index (χ0v) is 12.5. The number of anilines is 1. The number of nitrogens with one attached hydrogen (secondary N) is 1. The van der Waals surface area contributed by atoms with Crippen molar-refractivity contribution in [2.45, 2.75) is 13.1 Å². The molecule has 0 radical (unpaired) electrons. The van der Waals surface area contributed by atoms with Crippen molar-refractivity contribution >= 4 is 27.5 Å². The summed E-state index contributed by atoms with van der Waals surface area (Å²) in [5.74, 6) is -0.585. The van der Waals surface area contributed by atoms with Gasteiger partial charge in [0.05, 0.1) is 5.56 Å². The maximum Gasteiger partial charge on any atom is 0.417 e. The smallest absolute Gasteiger partial charge is 0.322 e. The van der Waals surface area contributed by atoms with E-state index in [1.165, 1.54) is 12.1 Å². The molecule has 2 aromatic rings. The van der Waals surface area contributed by atoms with Crippen molar-refractivity contribution in [3.63, 3.8) is 0 Å². The summed E-state index contributed by atoms with van der Waals surface area (Å²) < 4.78 is 38.3. The van der Waals surface area contributed by atoms with Gasteiger partial charge in [-0.3, -0.25) is 4.79 Å². The van der Waals surface area contributed by atoms with Gasteiger partial charge in [0, 0.05) is 15.7 Å². The van der Waals surface area contributed by atoms with Crippen LogP contribution in [0.5, 0.6) is 0 Å². The predicted octanol–water partition coefficient (Wildman–Crippen LogP) is 5.03. The van der Waals surface area contributed by atoms with Gasteiger partial charge >= 0.3 is 6.18 Å². The topological polar surface area (TPSA) is 29.1 Å². The Hall–Kier alpha value is -1.82. The van der Waals surface area contributed by atoms with Gasteiger partial charge in [-0.15, -0.1) is 0 Å². The Bertz CT molecular complexity index is 683. The minimum Gasteiger partial charge on any atom is -0.322 e. The van der Waals surface area contributed by atoms with Crippen molar-refractivity contribution < 1.29 is 18.0 Å². The van der Waals surface area contributed by atoms with Gasteiger partial charge in [-0.25, -0.2) is 0 Å². The van der Waals surface area contributed by atoms with E-state index in [0.29, 0.717) is 5.69 Å². The highest BCUT2D eigenvalue weighted by atomic mass is 79.9. The molecule has 0 atom stereocenters. The van der Waals surface area contributed by atoms with Crippen LogP contribution in [0.15, 0.2) is 46.9 Å². The molecule has 0 aliphatic rings. The van der Waals surface area contributed by atoms with Gasteiger partial charge in [0.25, 0.3) is 5.91 Å². The summed E-state index contributed by atoms with van der Waals surface area (Å²) >= 11 is 2.84. The Morgan fingerprint density at radius 1 is 1.14 bits per heavy atom. The summed E-state index contributed by atoms with van der Waals surface area (Å²) in [6, 6.07) is 10.4. The molecule has 0 fully saturated rings. The van der Waals surface area contributed by atoms with Gasteiger partial charge < -0.3 is 5.32 Å². The number of benzene rings is 2. The van der Waals surface area contributed by atoms with E-state index in [4.69, 9.17) is 0 Å². The molecule has 2 rings (SSSR count). The number of hydrogen-bond acceptors (Lipinski definition) is 1. The molecule has 21 heavy (non-hydrogen) atoms. The summed E-state index contributed by atoms with van der Waals surface area (Å²) in [6.45, 7) is 1.86. The molecule has 0 spiro atoms. The zero-order chi connectivity index (χ0) is 15.6. The molecule has 0 unspecified atom stereocenters. The first kappa shape index (κ1) is 15.6. The van der Waals surface area contributed by atoms with Crippen molar-refractivity contribution in [2.75, 3.05) is 5.32 Å². The largest absolute Gasteiger partial charge is 0.417 e. The first-order valence-electron chi connectivity index (χ1n) is 6.02. The molecule has 110 valence electrons. The van der Waals surface area contributed by atoms with E-state index in [9.17, 15) is 18.0 Å². The van der Waals surface area contributed by atoms with Crippen molar-refractivity contribution in [3.05, 3.63) is 63.6 Å². The average molecular weight is 358 g/mol. The minimum atomic E-state index is -4.52. The van der Waals surface area contributed by atoms with Crippen LogP contribution in [0.3, 0.4) is 0 Å². The highest BCUT2D eigenvalue weighted by Gasteiger charge is 2.33. The summed E-state index contributed by atoms with van der Waals surface area (Å²) in [4.78, 5) is 12.0. The lowest BCUT2D eigenvalue weighted by atomic mass is 10.1. The molecule has 0 bridgehead atoms. The monoisotopic (exact) mass is 357 g/mol. The summed E-state index contributed by atoms with van der Waals surface area (Å²) in [7, 11) is 0. The van der Waals surface area contributed by atoms with Crippen molar-refractivity contribution in [1.29, 1.82) is 0 Å². The fourth-order valence-corrected chi connectivity index (χ4v) is 2.28. The van der Waals surface area contributed by atoms with Crippen LogP contribution >= 0.6 is 15.9 Å². The van der Waals surface area contributed by atoms with E-state index in [1.54, 1.807) is 18.2 Å².